The van der Waals surface area contributed by atoms with Crippen LogP contribution in [0.5, 0.6) is 0 Å². The Bertz CT molecular complexity index is 531. The largest absolute Gasteiger partial charge is 0.339 e. The van der Waals surface area contributed by atoms with E-state index in [4.69, 9.17) is 4.52 Å². The standard InChI is InChI=1S/C13H16N4O/c1-9-4-2-7-15-11(9)12-16-13(18-17-12)10-5-3-6-14-8-10/h2,4,7,10,14H,3,5-6,8H2,1H3/t10-/m1/s1. The van der Waals surface area contributed by atoms with Crippen LogP contribution < -0.4 is 5.32 Å². The minimum absolute atomic E-state index is 0.337. The molecule has 1 atom stereocenters. The van der Waals surface area contributed by atoms with Crippen molar-refractivity contribution in [3.8, 4) is 11.5 Å². The molecule has 1 aliphatic rings. The van der Waals surface area contributed by atoms with Crippen LogP contribution in [0.15, 0.2) is 22.9 Å². The zero-order valence-corrected chi connectivity index (χ0v) is 10.4. The summed E-state index contributed by atoms with van der Waals surface area (Å²) in [6.45, 7) is 4.00. The van der Waals surface area contributed by atoms with Gasteiger partial charge in [-0.3, -0.25) is 4.98 Å². The number of aromatic nitrogens is 3. The van der Waals surface area contributed by atoms with E-state index >= 15 is 0 Å². The molecule has 3 rings (SSSR count). The molecule has 0 amide bonds. The Hall–Kier alpha value is -1.75. The van der Waals surface area contributed by atoms with Crippen LogP contribution in [0.4, 0.5) is 0 Å². The second-order valence-corrected chi connectivity index (χ2v) is 4.67. The highest BCUT2D eigenvalue weighted by atomic mass is 16.5. The van der Waals surface area contributed by atoms with E-state index in [-0.39, 0.29) is 0 Å². The molecule has 2 aromatic heterocycles. The van der Waals surface area contributed by atoms with Gasteiger partial charge in [0.15, 0.2) is 0 Å². The highest BCUT2D eigenvalue weighted by Crippen LogP contribution is 2.24. The van der Waals surface area contributed by atoms with E-state index in [0.717, 1.165) is 43.1 Å². The van der Waals surface area contributed by atoms with Crippen molar-refractivity contribution in [2.45, 2.75) is 25.7 Å². The maximum absolute atomic E-state index is 5.37. The molecule has 1 fully saturated rings. The number of pyridine rings is 1. The number of piperidine rings is 1. The molecule has 0 saturated carbocycles. The van der Waals surface area contributed by atoms with Crippen molar-refractivity contribution in [2.75, 3.05) is 13.1 Å². The van der Waals surface area contributed by atoms with Gasteiger partial charge in [0.2, 0.25) is 11.7 Å². The highest BCUT2D eigenvalue weighted by Gasteiger charge is 2.22. The van der Waals surface area contributed by atoms with Gasteiger partial charge in [0.05, 0.1) is 5.92 Å². The predicted molar refractivity (Wildman–Crippen MR) is 67.1 cm³/mol. The topological polar surface area (TPSA) is 63.8 Å². The van der Waals surface area contributed by atoms with Crippen LogP contribution in [0.2, 0.25) is 0 Å². The van der Waals surface area contributed by atoms with Gasteiger partial charge in [-0.05, 0) is 37.9 Å². The molecule has 2 aromatic rings. The van der Waals surface area contributed by atoms with Gasteiger partial charge in [-0.1, -0.05) is 11.2 Å². The number of aryl methyl sites for hydroxylation is 1. The summed E-state index contributed by atoms with van der Waals surface area (Å²) in [6.07, 6.45) is 4.02. The first-order valence-electron chi connectivity index (χ1n) is 6.31. The molecule has 0 radical (unpaired) electrons. The van der Waals surface area contributed by atoms with Gasteiger partial charge in [-0.25, -0.2) is 0 Å². The van der Waals surface area contributed by atoms with Crippen LogP contribution in [-0.4, -0.2) is 28.2 Å². The molecule has 1 aliphatic heterocycles. The van der Waals surface area contributed by atoms with Crippen LogP contribution in [-0.2, 0) is 0 Å². The number of nitrogens with zero attached hydrogens (tertiary/aromatic N) is 3. The van der Waals surface area contributed by atoms with E-state index in [1.165, 1.54) is 0 Å². The van der Waals surface area contributed by atoms with Gasteiger partial charge in [-0.15, -0.1) is 0 Å². The predicted octanol–water partition coefficient (Wildman–Crippen LogP) is 1.91. The Kier molecular flexibility index (Phi) is 3.06. The third-order valence-corrected chi connectivity index (χ3v) is 3.31. The maximum atomic E-state index is 5.37. The SMILES string of the molecule is Cc1cccnc1-c1noc([C@@H]2CCCNC2)n1. The summed E-state index contributed by atoms with van der Waals surface area (Å²) >= 11 is 0. The Morgan fingerprint density at radius 1 is 1.44 bits per heavy atom. The van der Waals surface area contributed by atoms with Gasteiger partial charge in [0.25, 0.3) is 0 Å². The molecular weight excluding hydrogens is 228 g/mol. The Balaban J connectivity index is 1.87. The molecular formula is C13H16N4O. The molecule has 1 saturated heterocycles. The van der Waals surface area contributed by atoms with Gasteiger partial charge in [0, 0.05) is 12.7 Å². The lowest BCUT2D eigenvalue weighted by Crippen LogP contribution is -2.28. The highest BCUT2D eigenvalue weighted by molar-refractivity contribution is 5.53. The minimum atomic E-state index is 0.337. The van der Waals surface area contributed by atoms with Crippen molar-refractivity contribution in [3.05, 3.63) is 29.8 Å². The lowest BCUT2D eigenvalue weighted by molar-refractivity contribution is 0.322. The molecule has 1 N–H and O–H groups in total. The molecule has 5 nitrogen and oxygen atoms in total. The van der Waals surface area contributed by atoms with Crippen LogP contribution in [0, 0.1) is 6.92 Å². The third-order valence-electron chi connectivity index (χ3n) is 3.31. The maximum Gasteiger partial charge on any atom is 0.231 e. The van der Waals surface area contributed by atoms with Crippen molar-refractivity contribution >= 4 is 0 Å². The monoisotopic (exact) mass is 244 g/mol. The van der Waals surface area contributed by atoms with E-state index in [1.54, 1.807) is 6.20 Å². The summed E-state index contributed by atoms with van der Waals surface area (Å²) in [6, 6.07) is 3.91. The van der Waals surface area contributed by atoms with E-state index in [1.807, 2.05) is 19.1 Å². The van der Waals surface area contributed by atoms with Gasteiger partial charge in [-0.2, -0.15) is 4.98 Å². The van der Waals surface area contributed by atoms with Crippen LogP contribution >= 0.6 is 0 Å². The first kappa shape index (κ1) is 11.3. The normalized spacial score (nSPS) is 19.9. The first-order valence-corrected chi connectivity index (χ1v) is 6.31. The van der Waals surface area contributed by atoms with Gasteiger partial charge < -0.3 is 9.84 Å². The molecule has 0 unspecified atom stereocenters. The smallest absolute Gasteiger partial charge is 0.231 e. The zero-order chi connectivity index (χ0) is 12.4. The first-order chi connectivity index (χ1) is 8.84. The minimum Gasteiger partial charge on any atom is -0.339 e. The fourth-order valence-corrected chi connectivity index (χ4v) is 2.28. The molecule has 18 heavy (non-hydrogen) atoms. The van der Waals surface area contributed by atoms with Crippen molar-refractivity contribution in [2.24, 2.45) is 0 Å². The van der Waals surface area contributed by atoms with E-state index in [2.05, 4.69) is 20.4 Å². The average molecular weight is 244 g/mol. The second kappa shape index (κ2) is 4.86. The molecule has 0 aliphatic carbocycles. The average Bonchev–Trinajstić information content (AvgIpc) is 2.90. The van der Waals surface area contributed by atoms with Crippen molar-refractivity contribution in [1.29, 1.82) is 0 Å². The van der Waals surface area contributed by atoms with Crippen LogP contribution in [0.3, 0.4) is 0 Å². The number of hydrogen-bond acceptors (Lipinski definition) is 5. The number of nitrogens with one attached hydrogen (secondary N) is 1. The summed E-state index contributed by atoms with van der Waals surface area (Å²) in [4.78, 5) is 8.79. The van der Waals surface area contributed by atoms with E-state index in [9.17, 15) is 0 Å². The fourth-order valence-electron chi connectivity index (χ4n) is 2.28. The summed E-state index contributed by atoms with van der Waals surface area (Å²) in [5.41, 5.74) is 1.86. The second-order valence-electron chi connectivity index (χ2n) is 4.67. The summed E-state index contributed by atoms with van der Waals surface area (Å²) in [5.74, 6) is 1.65. The van der Waals surface area contributed by atoms with Crippen molar-refractivity contribution in [1.82, 2.24) is 20.4 Å². The van der Waals surface area contributed by atoms with Crippen molar-refractivity contribution < 1.29 is 4.52 Å². The lowest BCUT2D eigenvalue weighted by Gasteiger charge is -2.18. The van der Waals surface area contributed by atoms with Crippen molar-refractivity contribution in [3.63, 3.8) is 0 Å². The van der Waals surface area contributed by atoms with Crippen LogP contribution in [0.25, 0.3) is 11.5 Å². The zero-order valence-electron chi connectivity index (χ0n) is 10.4. The molecule has 3 heterocycles. The fraction of sp³-hybridized carbons (Fsp3) is 0.462. The van der Waals surface area contributed by atoms with E-state index < -0.39 is 0 Å². The van der Waals surface area contributed by atoms with Gasteiger partial charge >= 0.3 is 0 Å². The molecule has 0 spiro atoms. The molecule has 5 heteroatoms. The van der Waals surface area contributed by atoms with Crippen LogP contribution in [0.1, 0.15) is 30.2 Å². The summed E-state index contributed by atoms with van der Waals surface area (Å²) < 4.78 is 5.37. The molecule has 94 valence electrons. The Morgan fingerprint density at radius 2 is 2.39 bits per heavy atom. The third kappa shape index (κ3) is 2.13. The Morgan fingerprint density at radius 3 is 3.17 bits per heavy atom. The molecule has 0 aromatic carbocycles. The number of rotatable bonds is 2. The van der Waals surface area contributed by atoms with E-state index in [0.29, 0.717) is 11.7 Å². The number of hydrogen-bond donors (Lipinski definition) is 1. The summed E-state index contributed by atoms with van der Waals surface area (Å²) in [5, 5.41) is 7.40. The Labute approximate surface area is 106 Å². The quantitative estimate of drug-likeness (QED) is 0.874. The molecule has 0 bridgehead atoms. The van der Waals surface area contributed by atoms with Gasteiger partial charge in [0.1, 0.15) is 5.69 Å². The lowest BCUT2D eigenvalue weighted by atomic mass is 10.00. The summed E-state index contributed by atoms with van der Waals surface area (Å²) in [7, 11) is 0.